The van der Waals surface area contributed by atoms with E-state index in [0.29, 0.717) is 11.8 Å². The van der Waals surface area contributed by atoms with Crippen LogP contribution in [-0.2, 0) is 5.41 Å². The summed E-state index contributed by atoms with van der Waals surface area (Å²) >= 11 is -0.0401. The molecule has 0 unspecified atom stereocenters. The number of unbranched alkanes of at least 4 members (excludes halogenated alkanes) is 10. The first-order valence-corrected chi connectivity index (χ1v) is 19.5. The first-order chi connectivity index (χ1) is 21.4. The van der Waals surface area contributed by atoms with Gasteiger partial charge in [0.15, 0.2) is 0 Å². The Kier molecular flexibility index (Phi) is 11.6. The fourth-order valence-corrected chi connectivity index (χ4v) is 8.92. The predicted octanol–water partition coefficient (Wildman–Crippen LogP) is 12.4. The second-order valence-electron chi connectivity index (χ2n) is 14.2. The van der Waals surface area contributed by atoms with E-state index in [1.807, 2.05) is 0 Å². The van der Waals surface area contributed by atoms with Crippen LogP contribution in [0.2, 0.25) is 0 Å². The summed E-state index contributed by atoms with van der Waals surface area (Å²) in [4.78, 5) is 0. The van der Waals surface area contributed by atoms with Crippen LogP contribution in [0, 0.1) is 0 Å². The molecule has 3 heteroatoms. The van der Waals surface area contributed by atoms with Crippen molar-refractivity contribution in [2.45, 2.75) is 149 Å². The van der Waals surface area contributed by atoms with Crippen LogP contribution < -0.4 is 0 Å². The minimum atomic E-state index is -0.0401. The van der Waals surface area contributed by atoms with E-state index in [-0.39, 0.29) is 20.4 Å². The monoisotopic (exact) mass is 656 g/mol. The van der Waals surface area contributed by atoms with Crippen molar-refractivity contribution < 1.29 is 0 Å². The molecule has 0 saturated heterocycles. The van der Waals surface area contributed by atoms with E-state index in [2.05, 4.69) is 90.1 Å². The number of hydrogen-bond donors (Lipinski definition) is 0. The molecule has 1 aromatic heterocycles. The summed E-state index contributed by atoms with van der Waals surface area (Å²) < 4.78 is 9.89. The SMILES string of the molecule is CCCCCCCCC1(CCCCCCCC)c2cc(-c3ccc(C(C)C)c4n[se]nc34)ccc2-c2ccc(C(C)C)cc21. The molecular weight excluding hydrogens is 599 g/mol. The molecule has 1 aliphatic carbocycles. The normalized spacial score (nSPS) is 13.7. The topological polar surface area (TPSA) is 25.8 Å². The van der Waals surface area contributed by atoms with Gasteiger partial charge >= 0.3 is 236 Å². The second kappa shape index (κ2) is 15.4. The van der Waals surface area contributed by atoms with Gasteiger partial charge in [0.05, 0.1) is 0 Å². The average Bonchev–Trinajstić information content (AvgIpc) is 3.61. The summed E-state index contributed by atoms with van der Waals surface area (Å²) in [5.41, 5.74) is 13.9. The zero-order valence-corrected chi connectivity index (χ0v) is 30.2. The summed E-state index contributed by atoms with van der Waals surface area (Å²) in [6.45, 7) is 13.9. The van der Waals surface area contributed by atoms with Crippen molar-refractivity contribution in [3.63, 3.8) is 0 Å². The van der Waals surface area contributed by atoms with E-state index in [9.17, 15) is 0 Å². The van der Waals surface area contributed by atoms with Crippen molar-refractivity contribution in [1.82, 2.24) is 7.96 Å². The van der Waals surface area contributed by atoms with Gasteiger partial charge in [0, 0.05) is 0 Å². The van der Waals surface area contributed by atoms with E-state index in [4.69, 9.17) is 7.96 Å². The first-order valence-electron chi connectivity index (χ1n) is 18.0. The second-order valence-corrected chi connectivity index (χ2v) is 15.3. The minimum absolute atomic E-state index is 0.0401. The Balaban J connectivity index is 1.59. The fraction of sp³-hybridized carbons (Fsp3) is 0.561. The maximum absolute atomic E-state index is 4.99. The number of hydrogen-bond acceptors (Lipinski definition) is 2. The van der Waals surface area contributed by atoms with Gasteiger partial charge in [-0.2, -0.15) is 0 Å². The van der Waals surface area contributed by atoms with Crippen molar-refractivity contribution in [3.8, 4) is 22.3 Å². The number of benzene rings is 3. The molecule has 1 heterocycles. The van der Waals surface area contributed by atoms with Gasteiger partial charge in [-0.15, -0.1) is 0 Å². The molecule has 1 aliphatic rings. The molecule has 0 N–H and O–H groups in total. The molecule has 0 spiro atoms. The third-order valence-electron chi connectivity index (χ3n) is 10.3. The van der Waals surface area contributed by atoms with Crippen molar-refractivity contribution in [2.75, 3.05) is 0 Å². The van der Waals surface area contributed by atoms with Crippen molar-refractivity contribution in [1.29, 1.82) is 0 Å². The molecule has 0 atom stereocenters. The van der Waals surface area contributed by atoms with E-state index in [1.54, 1.807) is 11.1 Å². The molecule has 0 aliphatic heterocycles. The van der Waals surface area contributed by atoms with Gasteiger partial charge < -0.3 is 0 Å². The Morgan fingerprint density at radius 3 is 1.73 bits per heavy atom. The molecule has 2 nitrogen and oxygen atoms in total. The molecule has 0 fully saturated rings. The van der Waals surface area contributed by atoms with Gasteiger partial charge in [0.2, 0.25) is 0 Å². The van der Waals surface area contributed by atoms with Gasteiger partial charge in [0.25, 0.3) is 0 Å². The first kappa shape index (κ1) is 33.2. The van der Waals surface area contributed by atoms with Crippen molar-refractivity contribution >= 4 is 26.0 Å². The zero-order valence-electron chi connectivity index (χ0n) is 28.5. The summed E-state index contributed by atoms with van der Waals surface area (Å²) in [7, 11) is 0. The van der Waals surface area contributed by atoms with E-state index >= 15 is 0 Å². The van der Waals surface area contributed by atoms with Crippen LogP contribution in [0.5, 0.6) is 0 Å². The van der Waals surface area contributed by atoms with Crippen molar-refractivity contribution in [3.05, 3.63) is 70.8 Å². The summed E-state index contributed by atoms with van der Waals surface area (Å²) in [5, 5.41) is 0. The van der Waals surface area contributed by atoms with Crippen LogP contribution >= 0.6 is 0 Å². The van der Waals surface area contributed by atoms with Crippen LogP contribution in [0.3, 0.4) is 0 Å². The van der Waals surface area contributed by atoms with E-state index < -0.39 is 0 Å². The van der Waals surface area contributed by atoms with Gasteiger partial charge in [-0.3, -0.25) is 0 Å². The molecule has 0 amide bonds. The Labute approximate surface area is 274 Å². The number of nitrogens with zero attached hydrogens (tertiary/aromatic N) is 2. The zero-order chi connectivity index (χ0) is 31.1. The molecule has 0 saturated carbocycles. The van der Waals surface area contributed by atoms with E-state index in [1.165, 1.54) is 123 Å². The van der Waals surface area contributed by atoms with Gasteiger partial charge in [-0.25, -0.2) is 0 Å². The van der Waals surface area contributed by atoms with E-state index in [0.717, 1.165) is 11.0 Å². The Morgan fingerprint density at radius 2 is 1.11 bits per heavy atom. The molecule has 0 bridgehead atoms. The van der Waals surface area contributed by atoms with Gasteiger partial charge in [0.1, 0.15) is 0 Å². The summed E-state index contributed by atoms with van der Waals surface area (Å²) in [5.74, 6) is 0.993. The molecule has 0 radical (unpaired) electrons. The summed E-state index contributed by atoms with van der Waals surface area (Å²) in [6.07, 6.45) is 18.7. The molecular formula is C41H56N2Se. The predicted molar refractivity (Wildman–Crippen MR) is 192 cm³/mol. The molecule has 3 aromatic carbocycles. The van der Waals surface area contributed by atoms with Crippen LogP contribution in [0.25, 0.3) is 33.3 Å². The summed E-state index contributed by atoms with van der Waals surface area (Å²) in [6, 6.07) is 19.5. The Bertz CT molecular complexity index is 1490. The maximum atomic E-state index is 4.99. The van der Waals surface area contributed by atoms with Gasteiger partial charge in [-0.1, -0.05) is 39.5 Å². The van der Waals surface area contributed by atoms with Crippen molar-refractivity contribution in [2.24, 2.45) is 0 Å². The van der Waals surface area contributed by atoms with Crippen LogP contribution in [0.4, 0.5) is 0 Å². The Hall–Kier alpha value is -2.22. The number of fused-ring (bicyclic) bond motifs is 4. The number of aromatic nitrogens is 2. The van der Waals surface area contributed by atoms with Crippen LogP contribution in [0.1, 0.15) is 166 Å². The molecule has 44 heavy (non-hydrogen) atoms. The fourth-order valence-electron chi connectivity index (χ4n) is 7.70. The number of rotatable bonds is 17. The van der Waals surface area contributed by atoms with Gasteiger partial charge in [-0.05, 0) is 0 Å². The average molecular weight is 656 g/mol. The third kappa shape index (κ3) is 6.95. The standard InChI is InChI=1S/C41H56N2Se/c1-7-9-11-13-15-17-25-41(26-18-16-14-12-10-8-2)37-27-31(29(3)4)19-21-35(37)36-22-20-32(28-38(36)41)34-24-23-33(30(5)6)39-40(34)43-44-42-39/h19-24,27-30H,7-18,25-26H2,1-6H3. The van der Waals surface area contributed by atoms with Crippen LogP contribution in [-0.4, -0.2) is 22.9 Å². The molecule has 4 aromatic rings. The Morgan fingerprint density at radius 1 is 0.568 bits per heavy atom. The third-order valence-corrected chi connectivity index (χ3v) is 11.5. The quantitative estimate of drug-likeness (QED) is 0.0836. The molecule has 236 valence electrons. The van der Waals surface area contributed by atoms with Crippen LogP contribution in [0.15, 0.2) is 48.5 Å². The molecule has 5 rings (SSSR count).